The van der Waals surface area contributed by atoms with Crippen LogP contribution in [0.3, 0.4) is 0 Å². The Balaban J connectivity index is 2.08. The van der Waals surface area contributed by atoms with Crippen molar-refractivity contribution in [2.75, 3.05) is 13.6 Å². The van der Waals surface area contributed by atoms with Gasteiger partial charge in [-0.25, -0.2) is 0 Å². The molecule has 1 aromatic carbocycles. The van der Waals surface area contributed by atoms with Crippen molar-refractivity contribution >= 4 is 0 Å². The Kier molecular flexibility index (Phi) is 4.32. The van der Waals surface area contributed by atoms with Crippen LogP contribution in [0.4, 0.5) is 0 Å². The Hall–Kier alpha value is -0.860. The molecular weight excluding hydrogens is 232 g/mol. The number of rotatable bonds is 5. The van der Waals surface area contributed by atoms with Gasteiger partial charge in [-0.1, -0.05) is 17.7 Å². The lowest BCUT2D eigenvalue weighted by Crippen LogP contribution is -2.37. The van der Waals surface area contributed by atoms with Crippen molar-refractivity contribution in [2.45, 2.75) is 52.6 Å². The summed E-state index contributed by atoms with van der Waals surface area (Å²) >= 11 is 0. The Bertz CT molecular complexity index is 426. The molecule has 0 spiro atoms. The van der Waals surface area contributed by atoms with Gasteiger partial charge in [-0.05, 0) is 70.2 Å². The molecule has 1 saturated carbocycles. The summed E-state index contributed by atoms with van der Waals surface area (Å²) < 4.78 is 0. The molecule has 1 aliphatic rings. The van der Waals surface area contributed by atoms with E-state index in [2.05, 4.69) is 51.8 Å². The van der Waals surface area contributed by atoms with E-state index < -0.39 is 0 Å². The van der Waals surface area contributed by atoms with Crippen LogP contribution in [0.15, 0.2) is 12.1 Å². The average Bonchev–Trinajstić information content (AvgIpc) is 3.09. The molecule has 2 heteroatoms. The third-order valence-electron chi connectivity index (χ3n) is 4.59. The van der Waals surface area contributed by atoms with Gasteiger partial charge >= 0.3 is 0 Å². The molecule has 19 heavy (non-hydrogen) atoms. The fraction of sp³-hybridized carbons (Fsp3) is 0.647. The van der Waals surface area contributed by atoms with E-state index in [9.17, 15) is 0 Å². The van der Waals surface area contributed by atoms with Crippen LogP contribution in [0.25, 0.3) is 0 Å². The van der Waals surface area contributed by atoms with Crippen molar-refractivity contribution in [3.05, 3.63) is 34.4 Å². The first-order chi connectivity index (χ1) is 8.90. The molecule has 2 atom stereocenters. The van der Waals surface area contributed by atoms with Gasteiger partial charge in [0, 0.05) is 18.6 Å². The monoisotopic (exact) mass is 260 g/mol. The SMILES string of the molecule is Cc1cc(C)c(C(N)CN(C)C(C)C2CC2)c(C)c1. The molecule has 0 radical (unpaired) electrons. The van der Waals surface area contributed by atoms with Crippen molar-refractivity contribution < 1.29 is 0 Å². The van der Waals surface area contributed by atoms with Crippen LogP contribution >= 0.6 is 0 Å². The number of likely N-dealkylation sites (N-methyl/N-ethyl adjacent to an activating group) is 1. The number of aryl methyl sites for hydroxylation is 3. The van der Waals surface area contributed by atoms with E-state index >= 15 is 0 Å². The van der Waals surface area contributed by atoms with Crippen LogP contribution in [0.5, 0.6) is 0 Å². The van der Waals surface area contributed by atoms with E-state index in [0.717, 1.165) is 12.5 Å². The summed E-state index contributed by atoms with van der Waals surface area (Å²) in [4.78, 5) is 2.43. The van der Waals surface area contributed by atoms with Crippen LogP contribution in [0, 0.1) is 26.7 Å². The zero-order valence-electron chi connectivity index (χ0n) is 13.0. The van der Waals surface area contributed by atoms with E-state index in [4.69, 9.17) is 5.73 Å². The summed E-state index contributed by atoms with van der Waals surface area (Å²) in [6.07, 6.45) is 2.78. The third-order valence-corrected chi connectivity index (χ3v) is 4.59. The lowest BCUT2D eigenvalue weighted by molar-refractivity contribution is 0.221. The van der Waals surface area contributed by atoms with Gasteiger partial charge in [0.25, 0.3) is 0 Å². The second-order valence-electron chi connectivity index (χ2n) is 6.44. The molecule has 0 saturated heterocycles. The van der Waals surface area contributed by atoms with Gasteiger partial charge in [-0.3, -0.25) is 0 Å². The lowest BCUT2D eigenvalue weighted by Gasteiger charge is -2.29. The number of benzene rings is 1. The van der Waals surface area contributed by atoms with Crippen LogP contribution < -0.4 is 5.73 Å². The summed E-state index contributed by atoms with van der Waals surface area (Å²) in [5, 5.41) is 0. The summed E-state index contributed by atoms with van der Waals surface area (Å²) in [6, 6.07) is 5.27. The molecule has 2 nitrogen and oxygen atoms in total. The molecule has 2 rings (SSSR count). The molecule has 1 fully saturated rings. The van der Waals surface area contributed by atoms with Crippen LogP contribution in [-0.4, -0.2) is 24.5 Å². The predicted octanol–water partition coefficient (Wildman–Crippen LogP) is 3.34. The van der Waals surface area contributed by atoms with Gasteiger partial charge in [0.2, 0.25) is 0 Å². The second kappa shape index (κ2) is 5.64. The highest BCUT2D eigenvalue weighted by Gasteiger charge is 2.31. The first-order valence-electron chi connectivity index (χ1n) is 7.43. The fourth-order valence-corrected chi connectivity index (χ4v) is 3.28. The van der Waals surface area contributed by atoms with Crippen molar-refractivity contribution in [2.24, 2.45) is 11.7 Å². The van der Waals surface area contributed by atoms with E-state index in [1.807, 2.05) is 0 Å². The molecule has 2 unspecified atom stereocenters. The summed E-state index contributed by atoms with van der Waals surface area (Å²) in [7, 11) is 2.21. The van der Waals surface area contributed by atoms with Crippen LogP contribution in [0.1, 0.15) is 48.1 Å². The maximum atomic E-state index is 6.46. The molecule has 0 heterocycles. The van der Waals surface area contributed by atoms with Crippen molar-refractivity contribution in [3.63, 3.8) is 0 Å². The molecule has 1 aliphatic carbocycles. The Morgan fingerprint density at radius 1 is 1.21 bits per heavy atom. The van der Waals surface area contributed by atoms with Gasteiger partial charge in [0.05, 0.1) is 0 Å². The quantitative estimate of drug-likeness (QED) is 0.880. The Morgan fingerprint density at radius 2 is 1.74 bits per heavy atom. The van der Waals surface area contributed by atoms with E-state index in [1.54, 1.807) is 0 Å². The summed E-state index contributed by atoms with van der Waals surface area (Å²) in [6.45, 7) is 9.79. The lowest BCUT2D eigenvalue weighted by atomic mass is 9.94. The summed E-state index contributed by atoms with van der Waals surface area (Å²) in [5.74, 6) is 0.900. The van der Waals surface area contributed by atoms with Crippen LogP contribution in [-0.2, 0) is 0 Å². The minimum Gasteiger partial charge on any atom is -0.323 e. The first kappa shape index (κ1) is 14.5. The maximum Gasteiger partial charge on any atom is 0.0429 e. The highest BCUT2D eigenvalue weighted by molar-refractivity contribution is 5.39. The Morgan fingerprint density at radius 3 is 2.21 bits per heavy atom. The van der Waals surface area contributed by atoms with E-state index in [0.29, 0.717) is 6.04 Å². The number of nitrogens with zero attached hydrogens (tertiary/aromatic N) is 1. The zero-order valence-corrected chi connectivity index (χ0v) is 13.0. The van der Waals surface area contributed by atoms with Gasteiger partial charge < -0.3 is 10.6 Å². The summed E-state index contributed by atoms with van der Waals surface area (Å²) in [5.41, 5.74) is 11.8. The molecule has 0 amide bonds. The predicted molar refractivity (Wildman–Crippen MR) is 82.4 cm³/mol. The maximum absolute atomic E-state index is 6.46. The molecule has 1 aromatic rings. The number of hydrogen-bond donors (Lipinski definition) is 1. The minimum absolute atomic E-state index is 0.117. The topological polar surface area (TPSA) is 29.3 Å². The van der Waals surface area contributed by atoms with Gasteiger partial charge in [-0.15, -0.1) is 0 Å². The first-order valence-corrected chi connectivity index (χ1v) is 7.43. The van der Waals surface area contributed by atoms with E-state index in [1.165, 1.54) is 35.1 Å². The standard InChI is InChI=1S/C17H28N2/c1-11-8-12(2)17(13(3)9-11)16(18)10-19(5)14(4)15-6-7-15/h8-9,14-16H,6-7,10,18H2,1-5H3. The van der Waals surface area contributed by atoms with Crippen molar-refractivity contribution in [1.29, 1.82) is 0 Å². The number of nitrogens with two attached hydrogens (primary N) is 1. The average molecular weight is 260 g/mol. The van der Waals surface area contributed by atoms with Gasteiger partial charge in [0.1, 0.15) is 0 Å². The highest BCUT2D eigenvalue weighted by atomic mass is 15.1. The number of hydrogen-bond acceptors (Lipinski definition) is 2. The molecule has 0 aliphatic heterocycles. The second-order valence-corrected chi connectivity index (χ2v) is 6.44. The Labute approximate surface area is 118 Å². The fourth-order valence-electron chi connectivity index (χ4n) is 3.28. The zero-order chi connectivity index (χ0) is 14.2. The largest absolute Gasteiger partial charge is 0.323 e. The molecule has 2 N–H and O–H groups in total. The van der Waals surface area contributed by atoms with Gasteiger partial charge in [0.15, 0.2) is 0 Å². The minimum atomic E-state index is 0.117. The van der Waals surface area contributed by atoms with Crippen molar-refractivity contribution in [3.8, 4) is 0 Å². The van der Waals surface area contributed by atoms with Gasteiger partial charge in [-0.2, -0.15) is 0 Å². The molecular formula is C17H28N2. The molecule has 106 valence electrons. The molecule has 0 aromatic heterocycles. The third kappa shape index (κ3) is 3.37. The van der Waals surface area contributed by atoms with Crippen LogP contribution in [0.2, 0.25) is 0 Å². The smallest absolute Gasteiger partial charge is 0.0429 e. The van der Waals surface area contributed by atoms with E-state index in [-0.39, 0.29) is 6.04 Å². The molecule has 0 bridgehead atoms. The van der Waals surface area contributed by atoms with Crippen molar-refractivity contribution in [1.82, 2.24) is 4.90 Å². The highest BCUT2D eigenvalue weighted by Crippen LogP contribution is 2.35. The normalized spacial score (nSPS) is 18.7.